The number of hydrogen-bond acceptors (Lipinski definition) is 5. The van der Waals surface area contributed by atoms with E-state index in [0.717, 1.165) is 12.1 Å². The number of anilines is 2. The van der Waals surface area contributed by atoms with Gasteiger partial charge >= 0.3 is 6.18 Å². The monoisotopic (exact) mass is 461 g/mol. The van der Waals surface area contributed by atoms with E-state index in [4.69, 9.17) is 0 Å². The van der Waals surface area contributed by atoms with Crippen molar-refractivity contribution in [2.24, 2.45) is 0 Å². The van der Waals surface area contributed by atoms with Gasteiger partial charge in [-0.25, -0.2) is 9.37 Å². The SMILES string of the molecule is CC(C(=O)NCc1ccc(C(F)(F)F)nc1N(C)C)c1ccc(N(C)S(=O)[O-])c(F)c1. The van der Waals surface area contributed by atoms with Crippen LogP contribution in [0, 0.1) is 5.82 Å². The van der Waals surface area contributed by atoms with Gasteiger partial charge in [0.25, 0.3) is 0 Å². The van der Waals surface area contributed by atoms with E-state index in [9.17, 15) is 31.1 Å². The third-order valence-corrected chi connectivity index (χ3v) is 5.19. The Kier molecular flexibility index (Phi) is 7.60. The molecule has 31 heavy (non-hydrogen) atoms. The standard InChI is InChI=1S/C19H22F4N4O3S/c1-11(12-5-7-15(14(20)9-12)27(4)31(29)30)18(28)24-10-13-6-8-16(19(21,22)23)25-17(13)26(2)3/h5-9,11H,10H2,1-4H3,(H,24,28)(H,29,30)/p-1. The first-order chi connectivity index (χ1) is 14.3. The third kappa shape index (κ3) is 5.91. The highest BCUT2D eigenvalue weighted by Gasteiger charge is 2.33. The van der Waals surface area contributed by atoms with Gasteiger partial charge in [-0.2, -0.15) is 13.2 Å². The number of carbonyl (C=O) groups excluding carboxylic acids is 1. The van der Waals surface area contributed by atoms with Gasteiger partial charge in [-0.05, 0) is 30.7 Å². The van der Waals surface area contributed by atoms with Crippen molar-refractivity contribution in [3.63, 3.8) is 0 Å². The molecule has 0 saturated heterocycles. The molecule has 7 nitrogen and oxygen atoms in total. The average molecular weight is 461 g/mol. The lowest BCUT2D eigenvalue weighted by Crippen LogP contribution is -2.29. The number of carbonyl (C=O) groups is 1. The summed E-state index contributed by atoms with van der Waals surface area (Å²) in [4.78, 5) is 17.5. The smallest absolute Gasteiger partial charge is 0.433 e. The van der Waals surface area contributed by atoms with E-state index in [2.05, 4.69) is 10.3 Å². The second-order valence-corrected chi connectivity index (χ2v) is 7.92. The van der Waals surface area contributed by atoms with Crippen molar-refractivity contribution in [3.8, 4) is 0 Å². The van der Waals surface area contributed by atoms with Gasteiger partial charge in [0.05, 0.1) is 11.6 Å². The first kappa shape index (κ1) is 24.5. The Labute approximate surface area is 179 Å². The summed E-state index contributed by atoms with van der Waals surface area (Å²) in [5.41, 5.74) is -0.530. The van der Waals surface area contributed by atoms with Crippen LogP contribution < -0.4 is 14.5 Å². The summed E-state index contributed by atoms with van der Waals surface area (Å²) < 4.78 is 75.6. The maximum absolute atomic E-state index is 14.3. The Morgan fingerprint density at radius 2 is 1.87 bits per heavy atom. The van der Waals surface area contributed by atoms with Crippen LogP contribution in [0.1, 0.15) is 29.7 Å². The number of nitrogens with zero attached hydrogens (tertiary/aromatic N) is 3. The molecule has 2 aromatic rings. The molecule has 2 rings (SSSR count). The minimum atomic E-state index is -4.59. The topological polar surface area (TPSA) is 88.6 Å². The van der Waals surface area contributed by atoms with E-state index in [1.165, 1.54) is 51.2 Å². The van der Waals surface area contributed by atoms with Crippen molar-refractivity contribution in [2.45, 2.75) is 25.6 Å². The van der Waals surface area contributed by atoms with Crippen LogP contribution in [0.3, 0.4) is 0 Å². The van der Waals surface area contributed by atoms with E-state index in [0.29, 0.717) is 15.4 Å². The van der Waals surface area contributed by atoms with Crippen LogP contribution in [0.5, 0.6) is 0 Å². The first-order valence-corrected chi connectivity index (χ1v) is 10.0. The largest absolute Gasteiger partial charge is 0.755 e. The number of amides is 1. The molecule has 2 atom stereocenters. The molecule has 0 radical (unpaired) electrons. The summed E-state index contributed by atoms with van der Waals surface area (Å²) >= 11 is -2.65. The fraction of sp³-hybridized carbons (Fsp3) is 0.368. The van der Waals surface area contributed by atoms with Crippen molar-refractivity contribution >= 4 is 28.7 Å². The van der Waals surface area contributed by atoms with Crippen LogP contribution in [0.2, 0.25) is 0 Å². The second kappa shape index (κ2) is 9.60. The van der Waals surface area contributed by atoms with Gasteiger partial charge in [0.2, 0.25) is 5.91 Å². The van der Waals surface area contributed by atoms with Crippen molar-refractivity contribution < 1.29 is 31.1 Å². The van der Waals surface area contributed by atoms with Crippen LogP contribution in [-0.2, 0) is 28.8 Å². The predicted octanol–water partition coefficient (Wildman–Crippen LogP) is 2.96. The molecule has 2 unspecified atom stereocenters. The summed E-state index contributed by atoms with van der Waals surface area (Å²) in [7, 11) is 4.25. The fourth-order valence-corrected chi connectivity index (χ4v) is 3.08. The maximum Gasteiger partial charge on any atom is 0.433 e. The number of benzene rings is 1. The van der Waals surface area contributed by atoms with Crippen LogP contribution in [0.15, 0.2) is 30.3 Å². The number of rotatable bonds is 7. The zero-order valence-corrected chi connectivity index (χ0v) is 18.0. The highest BCUT2D eigenvalue weighted by Crippen LogP contribution is 2.30. The van der Waals surface area contributed by atoms with E-state index in [1.54, 1.807) is 0 Å². The summed E-state index contributed by atoms with van der Waals surface area (Å²) in [5, 5.41) is 2.61. The first-order valence-electron chi connectivity index (χ1n) is 8.97. The van der Waals surface area contributed by atoms with E-state index in [1.807, 2.05) is 0 Å². The van der Waals surface area contributed by atoms with E-state index >= 15 is 0 Å². The average Bonchev–Trinajstić information content (AvgIpc) is 2.69. The molecule has 0 spiro atoms. The minimum absolute atomic E-state index is 0.0619. The number of nitrogens with one attached hydrogen (secondary N) is 1. The predicted molar refractivity (Wildman–Crippen MR) is 108 cm³/mol. The molecule has 1 aromatic heterocycles. The van der Waals surface area contributed by atoms with Gasteiger partial charge in [-0.3, -0.25) is 9.00 Å². The number of halogens is 4. The van der Waals surface area contributed by atoms with Gasteiger partial charge < -0.3 is 19.1 Å². The number of alkyl halides is 3. The molecule has 12 heteroatoms. The fourth-order valence-electron chi connectivity index (χ4n) is 2.78. The molecular weight excluding hydrogens is 440 g/mol. The molecule has 0 aliphatic rings. The Morgan fingerprint density at radius 3 is 2.39 bits per heavy atom. The lowest BCUT2D eigenvalue weighted by Gasteiger charge is -2.22. The quantitative estimate of drug-likeness (QED) is 0.506. The van der Waals surface area contributed by atoms with Gasteiger partial charge in [0.15, 0.2) is 0 Å². The van der Waals surface area contributed by atoms with Crippen molar-refractivity contribution in [1.82, 2.24) is 10.3 Å². The van der Waals surface area contributed by atoms with Crippen LogP contribution in [0.4, 0.5) is 29.1 Å². The third-order valence-electron chi connectivity index (χ3n) is 4.55. The zero-order chi connectivity index (χ0) is 23.5. The summed E-state index contributed by atoms with van der Waals surface area (Å²) in [6, 6.07) is 5.81. The number of aromatic nitrogens is 1. The van der Waals surface area contributed by atoms with Crippen molar-refractivity contribution in [3.05, 3.63) is 53.0 Å². The lowest BCUT2D eigenvalue weighted by molar-refractivity contribution is -0.141. The Hall–Kier alpha value is -2.73. The molecule has 1 N–H and O–H groups in total. The van der Waals surface area contributed by atoms with Crippen LogP contribution in [0.25, 0.3) is 0 Å². The Bertz CT molecular complexity index is 985. The van der Waals surface area contributed by atoms with Gasteiger partial charge in [-0.1, -0.05) is 12.1 Å². The Balaban J connectivity index is 2.16. The van der Waals surface area contributed by atoms with Crippen molar-refractivity contribution in [2.75, 3.05) is 30.3 Å². The molecule has 1 aromatic carbocycles. The van der Waals surface area contributed by atoms with Crippen LogP contribution >= 0.6 is 0 Å². The molecule has 0 bridgehead atoms. The molecule has 170 valence electrons. The number of pyridine rings is 1. The molecular formula is C19H21F4N4O3S-. The molecule has 0 fully saturated rings. The van der Waals surface area contributed by atoms with Crippen LogP contribution in [-0.4, -0.2) is 40.8 Å². The molecule has 0 aliphatic heterocycles. The van der Waals surface area contributed by atoms with E-state index in [-0.39, 0.29) is 18.1 Å². The highest BCUT2D eigenvalue weighted by atomic mass is 32.2. The van der Waals surface area contributed by atoms with E-state index < -0.39 is 40.8 Å². The molecule has 1 heterocycles. The summed E-state index contributed by atoms with van der Waals surface area (Å²) in [6.45, 7) is 1.44. The van der Waals surface area contributed by atoms with Crippen molar-refractivity contribution in [1.29, 1.82) is 0 Å². The van der Waals surface area contributed by atoms with Gasteiger partial charge in [-0.15, -0.1) is 0 Å². The molecule has 1 amide bonds. The summed E-state index contributed by atoms with van der Waals surface area (Å²) in [6.07, 6.45) is -4.59. The molecule has 0 saturated carbocycles. The number of hydrogen-bond donors (Lipinski definition) is 1. The zero-order valence-electron chi connectivity index (χ0n) is 17.2. The lowest BCUT2D eigenvalue weighted by atomic mass is 9.99. The second-order valence-electron chi connectivity index (χ2n) is 6.94. The Morgan fingerprint density at radius 1 is 1.23 bits per heavy atom. The molecule has 0 aliphatic carbocycles. The highest BCUT2D eigenvalue weighted by molar-refractivity contribution is 7.80. The van der Waals surface area contributed by atoms with Gasteiger partial charge in [0.1, 0.15) is 17.3 Å². The normalized spacial score (nSPS) is 13.5. The van der Waals surface area contributed by atoms with Gasteiger partial charge in [0, 0.05) is 44.5 Å². The minimum Gasteiger partial charge on any atom is -0.755 e. The summed E-state index contributed by atoms with van der Waals surface area (Å²) in [5.74, 6) is -2.04. The maximum atomic E-state index is 14.3.